The van der Waals surface area contributed by atoms with Crippen LogP contribution in [0.25, 0.3) is 10.2 Å². The second kappa shape index (κ2) is 5.61. The standard InChI is InChI=1S/C18H21N3S/c1-11-9-12(2)16(13(3)10-11)20-18-19-14-7-6-8-15(21(4)5)17(14)22-18/h6-10H,1-5H3,(H,19,20). The quantitative estimate of drug-likeness (QED) is 0.735. The molecule has 0 aliphatic carbocycles. The zero-order chi connectivity index (χ0) is 15.9. The van der Waals surface area contributed by atoms with Gasteiger partial charge >= 0.3 is 0 Å². The molecule has 0 aliphatic rings. The van der Waals surface area contributed by atoms with Crippen LogP contribution >= 0.6 is 11.3 Å². The molecule has 0 saturated heterocycles. The summed E-state index contributed by atoms with van der Waals surface area (Å²) in [5.74, 6) is 0. The van der Waals surface area contributed by atoms with Crippen molar-refractivity contribution in [2.45, 2.75) is 20.8 Å². The summed E-state index contributed by atoms with van der Waals surface area (Å²) in [6.07, 6.45) is 0. The van der Waals surface area contributed by atoms with Crippen molar-refractivity contribution in [2.75, 3.05) is 24.3 Å². The molecule has 1 N–H and O–H groups in total. The van der Waals surface area contributed by atoms with Gasteiger partial charge < -0.3 is 10.2 Å². The normalized spacial score (nSPS) is 11.0. The maximum absolute atomic E-state index is 4.74. The van der Waals surface area contributed by atoms with E-state index in [1.165, 1.54) is 27.1 Å². The lowest BCUT2D eigenvalue weighted by molar-refractivity contribution is 1.14. The van der Waals surface area contributed by atoms with Crippen LogP contribution in [0.15, 0.2) is 30.3 Å². The third kappa shape index (κ3) is 2.66. The second-order valence-corrected chi connectivity index (χ2v) is 6.94. The van der Waals surface area contributed by atoms with Gasteiger partial charge in [0.05, 0.1) is 15.9 Å². The lowest BCUT2D eigenvalue weighted by atomic mass is 10.1. The third-order valence-corrected chi connectivity index (χ3v) is 4.79. The topological polar surface area (TPSA) is 28.2 Å². The molecule has 0 bridgehead atoms. The van der Waals surface area contributed by atoms with Gasteiger partial charge in [-0.1, -0.05) is 35.1 Å². The van der Waals surface area contributed by atoms with Crippen molar-refractivity contribution in [3.8, 4) is 0 Å². The highest BCUT2D eigenvalue weighted by Crippen LogP contribution is 2.35. The van der Waals surface area contributed by atoms with Crippen molar-refractivity contribution in [2.24, 2.45) is 0 Å². The number of anilines is 3. The van der Waals surface area contributed by atoms with Crippen LogP contribution in [0.5, 0.6) is 0 Å². The fourth-order valence-electron chi connectivity index (χ4n) is 2.82. The van der Waals surface area contributed by atoms with Gasteiger partial charge in [-0.3, -0.25) is 0 Å². The van der Waals surface area contributed by atoms with E-state index in [1.54, 1.807) is 11.3 Å². The zero-order valence-electron chi connectivity index (χ0n) is 13.7. The number of fused-ring (bicyclic) bond motifs is 1. The van der Waals surface area contributed by atoms with Crippen LogP contribution in [-0.4, -0.2) is 19.1 Å². The van der Waals surface area contributed by atoms with Gasteiger partial charge in [0.15, 0.2) is 5.13 Å². The molecule has 0 radical (unpaired) electrons. The first-order valence-electron chi connectivity index (χ1n) is 7.37. The van der Waals surface area contributed by atoms with Gasteiger partial charge in [0, 0.05) is 19.8 Å². The number of thiazole rings is 1. The van der Waals surface area contributed by atoms with E-state index in [-0.39, 0.29) is 0 Å². The number of aromatic nitrogens is 1. The van der Waals surface area contributed by atoms with Crippen molar-refractivity contribution >= 4 is 38.1 Å². The van der Waals surface area contributed by atoms with E-state index < -0.39 is 0 Å². The molecule has 0 fully saturated rings. The van der Waals surface area contributed by atoms with Crippen LogP contribution in [0, 0.1) is 20.8 Å². The van der Waals surface area contributed by atoms with E-state index >= 15 is 0 Å². The molecular weight excluding hydrogens is 290 g/mol. The Kier molecular flexibility index (Phi) is 3.79. The van der Waals surface area contributed by atoms with Gasteiger partial charge in [0.2, 0.25) is 0 Å². The summed E-state index contributed by atoms with van der Waals surface area (Å²) in [5.41, 5.74) is 7.21. The predicted molar refractivity (Wildman–Crippen MR) is 97.9 cm³/mol. The van der Waals surface area contributed by atoms with Gasteiger partial charge in [0.25, 0.3) is 0 Å². The van der Waals surface area contributed by atoms with Crippen molar-refractivity contribution < 1.29 is 0 Å². The fraction of sp³-hybridized carbons (Fsp3) is 0.278. The van der Waals surface area contributed by atoms with Gasteiger partial charge in [0.1, 0.15) is 0 Å². The molecule has 1 aromatic heterocycles. The molecule has 1 heterocycles. The Hall–Kier alpha value is -2.07. The lowest BCUT2D eigenvalue weighted by Crippen LogP contribution is -2.08. The van der Waals surface area contributed by atoms with E-state index in [0.717, 1.165) is 16.3 Å². The first-order chi connectivity index (χ1) is 10.5. The summed E-state index contributed by atoms with van der Waals surface area (Å²) in [7, 11) is 4.13. The highest BCUT2D eigenvalue weighted by atomic mass is 32.1. The minimum absolute atomic E-state index is 0.944. The molecule has 114 valence electrons. The van der Waals surface area contributed by atoms with Crippen molar-refractivity contribution in [3.05, 3.63) is 47.0 Å². The van der Waals surface area contributed by atoms with Gasteiger partial charge in [-0.15, -0.1) is 0 Å². The highest BCUT2D eigenvalue weighted by molar-refractivity contribution is 7.22. The first-order valence-corrected chi connectivity index (χ1v) is 8.19. The van der Waals surface area contributed by atoms with Crippen molar-refractivity contribution in [3.63, 3.8) is 0 Å². The average Bonchev–Trinajstić information content (AvgIpc) is 2.84. The van der Waals surface area contributed by atoms with Gasteiger partial charge in [-0.25, -0.2) is 4.98 Å². The minimum atomic E-state index is 0.944. The zero-order valence-corrected chi connectivity index (χ0v) is 14.5. The SMILES string of the molecule is Cc1cc(C)c(Nc2nc3cccc(N(C)C)c3s2)c(C)c1. The van der Waals surface area contributed by atoms with Crippen LogP contribution < -0.4 is 10.2 Å². The van der Waals surface area contributed by atoms with E-state index in [2.05, 4.69) is 75.4 Å². The molecule has 22 heavy (non-hydrogen) atoms. The summed E-state index contributed by atoms with van der Waals surface area (Å²) in [6, 6.07) is 10.7. The van der Waals surface area contributed by atoms with E-state index in [4.69, 9.17) is 4.98 Å². The Morgan fingerprint density at radius 3 is 2.36 bits per heavy atom. The summed E-state index contributed by atoms with van der Waals surface area (Å²) in [6.45, 7) is 6.41. The molecule has 3 rings (SSSR count). The van der Waals surface area contributed by atoms with Crippen LogP contribution in [-0.2, 0) is 0 Å². The molecule has 0 unspecified atom stereocenters. The van der Waals surface area contributed by atoms with Gasteiger partial charge in [-0.2, -0.15) is 0 Å². The minimum Gasteiger partial charge on any atom is -0.376 e. The molecular formula is C18H21N3S. The molecule has 4 heteroatoms. The van der Waals surface area contributed by atoms with E-state index in [0.29, 0.717) is 0 Å². The Labute approximate surface area is 135 Å². The number of hydrogen-bond donors (Lipinski definition) is 1. The molecule has 0 saturated carbocycles. The number of aryl methyl sites for hydroxylation is 3. The first kappa shape index (κ1) is 14.9. The molecule has 0 amide bonds. The largest absolute Gasteiger partial charge is 0.376 e. The number of benzene rings is 2. The highest BCUT2D eigenvalue weighted by Gasteiger charge is 2.11. The predicted octanol–water partition coefficient (Wildman–Crippen LogP) is 5.03. The van der Waals surface area contributed by atoms with E-state index in [9.17, 15) is 0 Å². The smallest absolute Gasteiger partial charge is 0.188 e. The number of hydrogen-bond acceptors (Lipinski definition) is 4. The average molecular weight is 311 g/mol. The second-order valence-electron chi connectivity index (χ2n) is 5.94. The maximum Gasteiger partial charge on any atom is 0.188 e. The summed E-state index contributed by atoms with van der Waals surface area (Å²) < 4.78 is 1.22. The number of nitrogens with zero attached hydrogens (tertiary/aromatic N) is 2. The molecule has 3 nitrogen and oxygen atoms in total. The van der Waals surface area contributed by atoms with E-state index in [1.807, 2.05) is 0 Å². The summed E-state index contributed by atoms with van der Waals surface area (Å²) in [4.78, 5) is 6.87. The Morgan fingerprint density at radius 1 is 1.05 bits per heavy atom. The van der Waals surface area contributed by atoms with Crippen molar-refractivity contribution in [1.82, 2.24) is 4.98 Å². The Morgan fingerprint density at radius 2 is 1.73 bits per heavy atom. The van der Waals surface area contributed by atoms with Crippen LogP contribution in [0.3, 0.4) is 0 Å². The summed E-state index contributed by atoms with van der Waals surface area (Å²) in [5, 5.41) is 4.46. The van der Waals surface area contributed by atoms with Crippen molar-refractivity contribution in [1.29, 1.82) is 0 Å². The number of nitrogens with one attached hydrogen (secondary N) is 1. The summed E-state index contributed by atoms with van der Waals surface area (Å²) >= 11 is 1.70. The monoisotopic (exact) mass is 311 g/mol. The molecule has 0 spiro atoms. The fourth-order valence-corrected chi connectivity index (χ4v) is 3.89. The molecule has 3 aromatic rings. The molecule has 0 aliphatic heterocycles. The maximum atomic E-state index is 4.74. The number of rotatable bonds is 3. The molecule has 0 atom stereocenters. The Bertz CT molecular complexity index is 810. The Balaban J connectivity index is 2.04. The van der Waals surface area contributed by atoms with Gasteiger partial charge in [-0.05, 0) is 44.0 Å². The lowest BCUT2D eigenvalue weighted by Gasteiger charge is -2.12. The molecule has 2 aromatic carbocycles. The van der Waals surface area contributed by atoms with Crippen LogP contribution in [0.1, 0.15) is 16.7 Å². The van der Waals surface area contributed by atoms with Crippen LogP contribution in [0.4, 0.5) is 16.5 Å². The third-order valence-electron chi connectivity index (χ3n) is 3.78. The van der Waals surface area contributed by atoms with Crippen LogP contribution in [0.2, 0.25) is 0 Å².